The van der Waals surface area contributed by atoms with Gasteiger partial charge in [0.15, 0.2) is 0 Å². The van der Waals surface area contributed by atoms with Crippen molar-refractivity contribution in [1.82, 2.24) is 14.7 Å². The Morgan fingerprint density at radius 1 is 1.04 bits per heavy atom. The fraction of sp³-hybridized carbons (Fsp3) is 0.579. The zero-order chi connectivity index (χ0) is 19.2. The summed E-state index contributed by atoms with van der Waals surface area (Å²) in [5.74, 6) is 0.140. The van der Waals surface area contributed by atoms with E-state index in [2.05, 4.69) is 15.1 Å². The molecule has 7 nitrogen and oxygen atoms in total. The van der Waals surface area contributed by atoms with Gasteiger partial charge in [-0.05, 0) is 30.7 Å². The molecule has 148 valence electrons. The molecule has 2 fully saturated rings. The number of aryl methyl sites for hydroxylation is 1. The van der Waals surface area contributed by atoms with Crippen molar-refractivity contribution in [3.05, 3.63) is 28.8 Å². The zero-order valence-corrected chi connectivity index (χ0v) is 16.5. The molecule has 0 spiro atoms. The molecule has 0 radical (unpaired) electrons. The summed E-state index contributed by atoms with van der Waals surface area (Å²) in [6.45, 7) is 8.50. The number of ether oxygens (including phenoxy) is 1. The van der Waals surface area contributed by atoms with Crippen LogP contribution in [0.5, 0.6) is 0 Å². The number of rotatable bonds is 5. The number of hydrogen-bond donors (Lipinski definition) is 1. The first-order valence-corrected chi connectivity index (χ1v) is 9.75. The molecule has 3 rings (SSSR count). The summed E-state index contributed by atoms with van der Waals surface area (Å²) in [5, 5.41) is 3.61. The Morgan fingerprint density at radius 3 is 2.30 bits per heavy atom. The van der Waals surface area contributed by atoms with Crippen LogP contribution in [0, 0.1) is 6.92 Å². The second-order valence-electron chi connectivity index (χ2n) is 7.05. The predicted octanol–water partition coefficient (Wildman–Crippen LogP) is 1.06. The number of carbonyl (C=O) groups is 2. The van der Waals surface area contributed by atoms with E-state index in [1.807, 2.05) is 24.0 Å². The van der Waals surface area contributed by atoms with Crippen molar-refractivity contribution in [3.63, 3.8) is 0 Å². The molecular formula is C19H27ClN4O3. The standard InChI is InChI=1S/C19H27ClN4O3/c1-15-12-16(20)2-3-17(15)21-18(25)13-22-4-6-23(7-5-22)14-19(26)24-8-10-27-11-9-24/h2-3,12H,4-11,13-14H2,1H3,(H,21,25). The molecule has 2 saturated heterocycles. The Hall–Kier alpha value is -1.67. The van der Waals surface area contributed by atoms with Crippen LogP contribution in [0.15, 0.2) is 18.2 Å². The summed E-state index contributed by atoms with van der Waals surface area (Å²) in [7, 11) is 0. The SMILES string of the molecule is Cc1cc(Cl)ccc1NC(=O)CN1CCN(CC(=O)N2CCOCC2)CC1. The number of amides is 2. The highest BCUT2D eigenvalue weighted by Crippen LogP contribution is 2.19. The van der Waals surface area contributed by atoms with Crippen LogP contribution in [-0.4, -0.2) is 92.1 Å². The molecule has 0 atom stereocenters. The number of piperazine rings is 1. The fourth-order valence-electron chi connectivity index (χ4n) is 3.37. The van der Waals surface area contributed by atoms with E-state index in [1.165, 1.54) is 0 Å². The molecule has 2 heterocycles. The minimum atomic E-state index is -0.0294. The van der Waals surface area contributed by atoms with Crippen molar-refractivity contribution in [2.45, 2.75) is 6.92 Å². The molecule has 2 aliphatic heterocycles. The third kappa shape index (κ3) is 5.90. The van der Waals surface area contributed by atoms with Gasteiger partial charge in [0.25, 0.3) is 0 Å². The number of halogens is 1. The van der Waals surface area contributed by atoms with E-state index >= 15 is 0 Å². The third-order valence-corrected chi connectivity index (χ3v) is 5.25. The number of anilines is 1. The van der Waals surface area contributed by atoms with Crippen molar-refractivity contribution >= 4 is 29.1 Å². The Bertz CT molecular complexity index is 671. The molecule has 1 N–H and O–H groups in total. The van der Waals surface area contributed by atoms with Crippen LogP contribution in [0.2, 0.25) is 5.02 Å². The topological polar surface area (TPSA) is 65.1 Å². The van der Waals surface area contributed by atoms with E-state index in [-0.39, 0.29) is 11.8 Å². The van der Waals surface area contributed by atoms with Crippen molar-refractivity contribution < 1.29 is 14.3 Å². The van der Waals surface area contributed by atoms with Crippen LogP contribution in [0.25, 0.3) is 0 Å². The Balaban J connectivity index is 1.39. The molecular weight excluding hydrogens is 368 g/mol. The van der Waals surface area contributed by atoms with E-state index in [0.29, 0.717) is 44.4 Å². The van der Waals surface area contributed by atoms with Crippen LogP contribution in [0.1, 0.15) is 5.56 Å². The highest BCUT2D eigenvalue weighted by Gasteiger charge is 2.23. The van der Waals surface area contributed by atoms with Crippen molar-refractivity contribution in [1.29, 1.82) is 0 Å². The lowest BCUT2D eigenvalue weighted by atomic mass is 10.2. The highest BCUT2D eigenvalue weighted by atomic mass is 35.5. The summed E-state index contributed by atoms with van der Waals surface area (Å²) < 4.78 is 5.29. The monoisotopic (exact) mass is 394 g/mol. The number of nitrogens with zero attached hydrogens (tertiary/aromatic N) is 3. The van der Waals surface area contributed by atoms with E-state index in [9.17, 15) is 9.59 Å². The van der Waals surface area contributed by atoms with E-state index < -0.39 is 0 Å². The van der Waals surface area contributed by atoms with Gasteiger partial charge in [0.1, 0.15) is 0 Å². The number of hydrogen-bond acceptors (Lipinski definition) is 5. The van der Waals surface area contributed by atoms with Crippen molar-refractivity contribution in [3.8, 4) is 0 Å². The molecule has 27 heavy (non-hydrogen) atoms. The highest BCUT2D eigenvalue weighted by molar-refractivity contribution is 6.30. The number of morpholine rings is 1. The Morgan fingerprint density at radius 2 is 1.67 bits per heavy atom. The van der Waals surface area contributed by atoms with Gasteiger partial charge in [0.2, 0.25) is 11.8 Å². The summed E-state index contributed by atoms with van der Waals surface area (Å²) in [5.41, 5.74) is 1.74. The smallest absolute Gasteiger partial charge is 0.238 e. The number of carbonyl (C=O) groups excluding carboxylic acids is 2. The lowest BCUT2D eigenvalue weighted by Gasteiger charge is -2.35. The van der Waals surface area contributed by atoms with Gasteiger partial charge in [0, 0.05) is 50.0 Å². The van der Waals surface area contributed by atoms with Crippen LogP contribution in [0.4, 0.5) is 5.69 Å². The number of nitrogens with one attached hydrogen (secondary N) is 1. The third-order valence-electron chi connectivity index (χ3n) is 5.02. The molecule has 0 bridgehead atoms. The molecule has 1 aromatic carbocycles. The first-order chi connectivity index (χ1) is 13.0. The minimum Gasteiger partial charge on any atom is -0.378 e. The van der Waals surface area contributed by atoms with Gasteiger partial charge in [-0.25, -0.2) is 0 Å². The maximum atomic E-state index is 12.3. The van der Waals surface area contributed by atoms with Crippen LogP contribution >= 0.6 is 11.6 Å². The second kappa shape index (κ2) is 9.50. The number of benzene rings is 1. The normalized spacial score (nSPS) is 19.1. The van der Waals surface area contributed by atoms with Gasteiger partial charge in [-0.1, -0.05) is 11.6 Å². The summed E-state index contributed by atoms with van der Waals surface area (Å²) >= 11 is 5.95. The van der Waals surface area contributed by atoms with E-state index in [1.54, 1.807) is 6.07 Å². The van der Waals surface area contributed by atoms with Gasteiger partial charge >= 0.3 is 0 Å². The quantitative estimate of drug-likeness (QED) is 0.809. The van der Waals surface area contributed by atoms with Gasteiger partial charge in [0.05, 0.1) is 26.3 Å². The summed E-state index contributed by atoms with van der Waals surface area (Å²) in [6.07, 6.45) is 0. The van der Waals surface area contributed by atoms with E-state index in [4.69, 9.17) is 16.3 Å². The van der Waals surface area contributed by atoms with Crippen molar-refractivity contribution in [2.24, 2.45) is 0 Å². The van der Waals surface area contributed by atoms with Crippen LogP contribution in [-0.2, 0) is 14.3 Å². The maximum absolute atomic E-state index is 12.3. The van der Waals surface area contributed by atoms with E-state index in [0.717, 1.165) is 37.4 Å². The van der Waals surface area contributed by atoms with Gasteiger partial charge in [-0.3, -0.25) is 19.4 Å². The van der Waals surface area contributed by atoms with Gasteiger partial charge in [-0.2, -0.15) is 0 Å². The molecule has 2 aliphatic rings. The summed E-state index contributed by atoms with van der Waals surface area (Å²) in [6, 6.07) is 5.43. The fourth-order valence-corrected chi connectivity index (χ4v) is 3.60. The lowest BCUT2D eigenvalue weighted by Crippen LogP contribution is -2.52. The maximum Gasteiger partial charge on any atom is 0.238 e. The average Bonchev–Trinajstić information content (AvgIpc) is 2.66. The van der Waals surface area contributed by atoms with Gasteiger partial charge < -0.3 is 15.0 Å². The average molecular weight is 395 g/mol. The lowest BCUT2D eigenvalue weighted by molar-refractivity contribution is -0.137. The van der Waals surface area contributed by atoms with Crippen LogP contribution < -0.4 is 5.32 Å². The molecule has 0 saturated carbocycles. The molecule has 0 aliphatic carbocycles. The van der Waals surface area contributed by atoms with Crippen LogP contribution in [0.3, 0.4) is 0 Å². The molecule has 8 heteroatoms. The largest absolute Gasteiger partial charge is 0.378 e. The predicted molar refractivity (Wildman–Crippen MR) is 105 cm³/mol. The van der Waals surface area contributed by atoms with Gasteiger partial charge in [-0.15, -0.1) is 0 Å². The Kier molecular flexibility index (Phi) is 7.07. The minimum absolute atomic E-state index is 0.0294. The van der Waals surface area contributed by atoms with Crippen molar-refractivity contribution in [2.75, 3.05) is 70.9 Å². The first-order valence-electron chi connectivity index (χ1n) is 9.37. The molecule has 1 aromatic rings. The molecule has 2 amide bonds. The second-order valence-corrected chi connectivity index (χ2v) is 7.49. The Labute approximate surface area is 165 Å². The first kappa shape index (κ1) is 20.1. The zero-order valence-electron chi connectivity index (χ0n) is 15.7. The molecule has 0 unspecified atom stereocenters. The summed E-state index contributed by atoms with van der Waals surface area (Å²) in [4.78, 5) is 30.8. The molecule has 0 aromatic heterocycles.